The van der Waals surface area contributed by atoms with Crippen LogP contribution in [0.15, 0.2) is 27.9 Å². The Kier molecular flexibility index (Phi) is 11.7. The molecular formula is C21H30Cl3NO3. The molecule has 0 bridgehead atoms. The molecule has 28 heavy (non-hydrogen) atoms. The lowest BCUT2D eigenvalue weighted by atomic mass is 10.1. The van der Waals surface area contributed by atoms with E-state index in [0.29, 0.717) is 29.0 Å². The minimum atomic E-state index is 0.00490. The molecule has 0 saturated heterocycles. The molecule has 0 aromatic heterocycles. The van der Waals surface area contributed by atoms with Gasteiger partial charge < -0.3 is 14.3 Å². The van der Waals surface area contributed by atoms with Gasteiger partial charge in [0.15, 0.2) is 0 Å². The molecule has 0 N–H and O–H groups in total. The zero-order chi connectivity index (χ0) is 21.1. The minimum Gasteiger partial charge on any atom is -0.489 e. The predicted octanol–water partition coefficient (Wildman–Crippen LogP) is 7.33. The summed E-state index contributed by atoms with van der Waals surface area (Å²) in [6, 6.07) is 3.60. The molecule has 0 aliphatic carbocycles. The quantitative estimate of drug-likeness (QED) is 0.190. The van der Waals surface area contributed by atoms with E-state index in [1.54, 1.807) is 12.1 Å². The molecular weight excluding hydrogens is 421 g/mol. The lowest BCUT2D eigenvalue weighted by Gasteiger charge is -2.18. The molecule has 1 atom stereocenters. The maximum Gasteiger partial charge on any atom is 0.141 e. The summed E-state index contributed by atoms with van der Waals surface area (Å²) in [5.74, 6) is 1.88. The molecule has 1 rings (SSSR count). The first-order chi connectivity index (χ1) is 13.2. The van der Waals surface area contributed by atoms with E-state index >= 15 is 0 Å². The number of halogens is 3. The number of nitrogens with zero attached hydrogens (tertiary/aromatic N) is 1. The zero-order valence-corrected chi connectivity index (χ0v) is 19.5. The Morgan fingerprint density at radius 1 is 1.21 bits per heavy atom. The van der Waals surface area contributed by atoms with E-state index in [9.17, 15) is 0 Å². The first kappa shape index (κ1) is 24.9. The second-order valence-corrected chi connectivity index (χ2v) is 8.60. The van der Waals surface area contributed by atoms with Gasteiger partial charge in [-0.1, -0.05) is 53.8 Å². The Hall–Kier alpha value is -1.10. The monoisotopic (exact) mass is 449 g/mol. The first-order valence-electron chi connectivity index (χ1n) is 9.45. The van der Waals surface area contributed by atoms with Gasteiger partial charge in [-0.2, -0.15) is 0 Å². The summed E-state index contributed by atoms with van der Waals surface area (Å²) >= 11 is 17.5. The summed E-state index contributed by atoms with van der Waals surface area (Å²) in [6.07, 6.45) is 4.21. The number of oxime groups is 1. The topological polar surface area (TPSA) is 40.0 Å². The first-order valence-corrected chi connectivity index (χ1v) is 10.6. The average Bonchev–Trinajstić information content (AvgIpc) is 2.57. The van der Waals surface area contributed by atoms with Crippen molar-refractivity contribution in [1.82, 2.24) is 0 Å². The Bertz CT molecular complexity index is 648. The lowest BCUT2D eigenvalue weighted by Crippen LogP contribution is -2.13. The molecule has 0 saturated carbocycles. The number of hydrogen-bond donors (Lipinski definition) is 0. The number of rotatable bonds is 12. The van der Waals surface area contributed by atoms with Crippen molar-refractivity contribution < 1.29 is 14.3 Å². The third-order valence-corrected chi connectivity index (χ3v) is 4.37. The van der Waals surface area contributed by atoms with E-state index in [1.165, 1.54) is 0 Å². The normalized spacial score (nSPS) is 12.7. The Balaban J connectivity index is 2.46. The van der Waals surface area contributed by atoms with Crippen molar-refractivity contribution >= 4 is 40.5 Å². The highest BCUT2D eigenvalue weighted by Crippen LogP contribution is 2.34. The fourth-order valence-corrected chi connectivity index (χ4v) is 3.04. The molecule has 0 spiro atoms. The summed E-state index contributed by atoms with van der Waals surface area (Å²) in [5.41, 5.74) is 1.92. The second-order valence-electron chi connectivity index (χ2n) is 7.18. The Morgan fingerprint density at radius 3 is 2.54 bits per heavy atom. The fourth-order valence-electron chi connectivity index (χ4n) is 2.61. The number of benzene rings is 1. The van der Waals surface area contributed by atoms with E-state index in [2.05, 4.69) is 19.0 Å². The summed E-state index contributed by atoms with van der Waals surface area (Å²) in [6.45, 7) is 11.1. The predicted molar refractivity (Wildman–Crippen MR) is 119 cm³/mol. The van der Waals surface area contributed by atoms with Crippen LogP contribution in [0.4, 0.5) is 0 Å². The van der Waals surface area contributed by atoms with Crippen molar-refractivity contribution in [2.75, 3.05) is 13.2 Å². The third-order valence-electron chi connectivity index (χ3n) is 3.78. The summed E-state index contributed by atoms with van der Waals surface area (Å²) in [4.78, 5) is 5.38. The van der Waals surface area contributed by atoms with Crippen LogP contribution in [0, 0.1) is 12.8 Å². The van der Waals surface area contributed by atoms with Gasteiger partial charge in [0.25, 0.3) is 0 Å². The highest BCUT2D eigenvalue weighted by molar-refractivity contribution is 6.55. The second kappa shape index (κ2) is 13.2. The van der Waals surface area contributed by atoms with Gasteiger partial charge >= 0.3 is 0 Å². The van der Waals surface area contributed by atoms with Crippen molar-refractivity contribution in [2.45, 2.75) is 60.0 Å². The SMILES string of the molecule is CC(CC(C)C)=NOCCCC(C)Oc1c(C)cc(OCC=C(Cl)Cl)cc1Cl. The van der Waals surface area contributed by atoms with Crippen LogP contribution in [-0.2, 0) is 4.84 Å². The summed E-state index contributed by atoms with van der Waals surface area (Å²) in [5, 5.41) is 4.65. The fraction of sp³-hybridized carbons (Fsp3) is 0.571. The zero-order valence-electron chi connectivity index (χ0n) is 17.2. The molecule has 0 fully saturated rings. The van der Waals surface area contributed by atoms with Crippen LogP contribution in [0.5, 0.6) is 11.5 Å². The standard InChI is InChI=1S/C21H30Cl3NO3/c1-14(2)11-16(4)25-27-9-6-7-17(5)28-21-15(3)12-18(13-19(21)22)26-10-8-20(23)24/h8,12-14,17H,6-7,9-11H2,1-5H3. The third kappa shape index (κ3) is 10.4. The molecule has 158 valence electrons. The van der Waals surface area contributed by atoms with Gasteiger partial charge in [0.1, 0.15) is 29.2 Å². The van der Waals surface area contributed by atoms with Crippen molar-refractivity contribution in [1.29, 1.82) is 0 Å². The van der Waals surface area contributed by atoms with Gasteiger partial charge in [-0.3, -0.25) is 0 Å². The molecule has 0 heterocycles. The minimum absolute atomic E-state index is 0.00490. The molecule has 1 aromatic carbocycles. The van der Waals surface area contributed by atoms with Gasteiger partial charge in [-0.25, -0.2) is 0 Å². The van der Waals surface area contributed by atoms with E-state index in [0.717, 1.165) is 30.5 Å². The van der Waals surface area contributed by atoms with Crippen molar-refractivity contribution in [2.24, 2.45) is 11.1 Å². The van der Waals surface area contributed by atoms with E-state index in [-0.39, 0.29) is 17.2 Å². The largest absolute Gasteiger partial charge is 0.489 e. The van der Waals surface area contributed by atoms with Crippen LogP contribution in [0.1, 0.15) is 52.5 Å². The van der Waals surface area contributed by atoms with Gasteiger partial charge in [-0.15, -0.1) is 0 Å². The van der Waals surface area contributed by atoms with E-state index in [4.69, 9.17) is 49.1 Å². The lowest BCUT2D eigenvalue weighted by molar-refractivity contribution is 0.123. The maximum atomic E-state index is 6.37. The molecule has 0 amide bonds. The summed E-state index contributed by atoms with van der Waals surface area (Å²) < 4.78 is 11.7. The molecule has 0 aliphatic rings. The van der Waals surface area contributed by atoms with Gasteiger partial charge in [0.05, 0.1) is 16.8 Å². The van der Waals surface area contributed by atoms with Gasteiger partial charge in [0.2, 0.25) is 0 Å². The number of aryl methyl sites for hydroxylation is 1. The highest BCUT2D eigenvalue weighted by atomic mass is 35.5. The molecule has 0 aliphatic heterocycles. The number of ether oxygens (including phenoxy) is 2. The highest BCUT2D eigenvalue weighted by Gasteiger charge is 2.12. The molecule has 1 unspecified atom stereocenters. The Labute approximate surface area is 183 Å². The Morgan fingerprint density at radius 2 is 1.93 bits per heavy atom. The van der Waals surface area contributed by atoms with Crippen LogP contribution in [0.2, 0.25) is 5.02 Å². The smallest absolute Gasteiger partial charge is 0.141 e. The number of hydrogen-bond acceptors (Lipinski definition) is 4. The van der Waals surface area contributed by atoms with Crippen LogP contribution in [-0.4, -0.2) is 25.0 Å². The molecule has 4 nitrogen and oxygen atoms in total. The molecule has 0 radical (unpaired) electrons. The summed E-state index contributed by atoms with van der Waals surface area (Å²) in [7, 11) is 0. The van der Waals surface area contributed by atoms with E-state index in [1.807, 2.05) is 26.8 Å². The van der Waals surface area contributed by atoms with E-state index < -0.39 is 0 Å². The van der Waals surface area contributed by atoms with Crippen molar-refractivity contribution in [3.8, 4) is 11.5 Å². The van der Waals surface area contributed by atoms with Crippen molar-refractivity contribution in [3.63, 3.8) is 0 Å². The van der Waals surface area contributed by atoms with Gasteiger partial charge in [0, 0.05) is 6.07 Å². The van der Waals surface area contributed by atoms with Crippen LogP contribution in [0.3, 0.4) is 0 Å². The van der Waals surface area contributed by atoms with Gasteiger partial charge in [-0.05, 0) is 63.7 Å². The van der Waals surface area contributed by atoms with Crippen LogP contribution < -0.4 is 9.47 Å². The van der Waals surface area contributed by atoms with Crippen LogP contribution >= 0.6 is 34.8 Å². The maximum absolute atomic E-state index is 6.37. The van der Waals surface area contributed by atoms with Crippen LogP contribution in [0.25, 0.3) is 0 Å². The average molecular weight is 451 g/mol. The van der Waals surface area contributed by atoms with Crippen molar-refractivity contribution in [3.05, 3.63) is 33.3 Å². The molecule has 1 aromatic rings. The molecule has 7 heteroatoms.